The zero-order chi connectivity index (χ0) is 27.2. The van der Waals surface area contributed by atoms with E-state index in [1.807, 2.05) is 20.8 Å². The van der Waals surface area contributed by atoms with Crippen LogP contribution in [0, 0.1) is 12.3 Å². The first-order valence-corrected chi connectivity index (χ1v) is 12.0. The van der Waals surface area contributed by atoms with Crippen LogP contribution in [0.2, 0.25) is 0 Å². The summed E-state index contributed by atoms with van der Waals surface area (Å²) in [4.78, 5) is 13.3. The summed E-state index contributed by atoms with van der Waals surface area (Å²) >= 11 is 0. The van der Waals surface area contributed by atoms with E-state index in [1.54, 1.807) is 19.1 Å². The molecule has 0 radical (unpaired) electrons. The molecule has 1 aromatic carbocycles. The average molecular weight is 530 g/mol. The molecule has 1 aromatic heterocycles. The summed E-state index contributed by atoms with van der Waals surface area (Å²) in [7, 11) is -1.87. The lowest BCUT2D eigenvalue weighted by Crippen LogP contribution is -2.41. The van der Waals surface area contributed by atoms with Crippen LogP contribution in [0.15, 0.2) is 37.5 Å². The summed E-state index contributed by atoms with van der Waals surface area (Å²) < 4.78 is 77.8. The number of benzene rings is 1. The topological polar surface area (TPSA) is 137 Å². The second-order valence-electron chi connectivity index (χ2n) is 9.43. The van der Waals surface area contributed by atoms with Crippen molar-refractivity contribution in [3.05, 3.63) is 46.9 Å². The molecule has 2 aromatic rings. The molecule has 0 fully saturated rings. The third-order valence-electron chi connectivity index (χ3n) is 5.19. The molecule has 1 aliphatic rings. The second-order valence-corrected chi connectivity index (χ2v) is 10.7. The van der Waals surface area contributed by atoms with Crippen LogP contribution in [0.4, 0.5) is 18.9 Å². The number of aromatic hydroxyl groups is 1. The minimum atomic E-state index is -4.93. The molecule has 2 heterocycles. The molecule has 3 N–H and O–H groups in total. The molecular weight excluding hydrogens is 503 g/mol. The summed E-state index contributed by atoms with van der Waals surface area (Å²) in [5.74, 6) is -1.64. The van der Waals surface area contributed by atoms with Gasteiger partial charge in [-0.1, -0.05) is 20.8 Å². The molecule has 14 heteroatoms. The molecule has 0 bridgehead atoms. The number of phenols is 1. The molecule has 1 amide bonds. The number of hydrogen-bond donors (Lipinski definition) is 3. The molecular formula is C22H26F3N5O5S. The molecule has 1 aliphatic heterocycles. The van der Waals surface area contributed by atoms with Crippen LogP contribution >= 0.6 is 0 Å². The van der Waals surface area contributed by atoms with Crippen LogP contribution in [0.1, 0.15) is 54.3 Å². The van der Waals surface area contributed by atoms with Gasteiger partial charge in [-0.05, 0) is 36.6 Å². The van der Waals surface area contributed by atoms with Gasteiger partial charge in [-0.25, -0.2) is 0 Å². The SMILES string of the molecule is Cc1ccc([C@H](NC2=NS(=O)(=O)N=C2Nc2ccc(C(F)(F)F)c(C(=O)N(C)C)c2O)C(C)(C)C)o1. The molecule has 0 aliphatic carbocycles. The van der Waals surface area contributed by atoms with Crippen LogP contribution in [0.5, 0.6) is 5.75 Å². The first-order chi connectivity index (χ1) is 16.4. The maximum Gasteiger partial charge on any atom is 0.417 e. The fourth-order valence-corrected chi connectivity index (χ4v) is 4.24. The largest absolute Gasteiger partial charge is 0.505 e. The van der Waals surface area contributed by atoms with E-state index in [0.29, 0.717) is 17.6 Å². The summed E-state index contributed by atoms with van der Waals surface area (Å²) in [6, 6.07) is 4.34. The number of aryl methyl sites for hydroxylation is 1. The number of amidine groups is 2. The minimum Gasteiger partial charge on any atom is -0.505 e. The molecule has 36 heavy (non-hydrogen) atoms. The van der Waals surface area contributed by atoms with Gasteiger partial charge in [-0.3, -0.25) is 4.79 Å². The first-order valence-electron chi connectivity index (χ1n) is 10.6. The van der Waals surface area contributed by atoms with Crippen molar-refractivity contribution in [3.63, 3.8) is 0 Å². The highest BCUT2D eigenvalue weighted by Crippen LogP contribution is 2.40. The molecule has 196 valence electrons. The van der Waals surface area contributed by atoms with Gasteiger partial charge in [0, 0.05) is 14.1 Å². The van der Waals surface area contributed by atoms with E-state index in [9.17, 15) is 31.5 Å². The number of carbonyl (C=O) groups is 1. The maximum atomic E-state index is 13.5. The number of anilines is 1. The standard InChI is InChI=1S/C22H26F3N5O5S/c1-11-7-10-14(35-11)17(21(2,3)4)27-19-18(28-36(33,34)29-19)26-13-9-8-12(22(23,24)25)15(16(13)31)20(32)30(5)6/h7-10,17,31H,1-6H3,(H,26,28)(H,27,29)/t17-/m0/s1. The quantitative estimate of drug-likeness (QED) is 0.512. The fourth-order valence-electron chi connectivity index (χ4n) is 3.47. The van der Waals surface area contributed by atoms with E-state index in [4.69, 9.17) is 4.42 Å². The van der Waals surface area contributed by atoms with Gasteiger partial charge in [0.2, 0.25) is 0 Å². The van der Waals surface area contributed by atoms with E-state index in [1.165, 1.54) is 14.1 Å². The van der Waals surface area contributed by atoms with Crippen molar-refractivity contribution in [1.82, 2.24) is 10.2 Å². The zero-order valence-electron chi connectivity index (χ0n) is 20.4. The Morgan fingerprint density at radius 3 is 2.19 bits per heavy atom. The number of nitrogens with one attached hydrogen (secondary N) is 2. The van der Waals surface area contributed by atoms with Crippen molar-refractivity contribution >= 4 is 33.5 Å². The third kappa shape index (κ3) is 5.64. The average Bonchev–Trinajstić information content (AvgIpc) is 3.26. The normalized spacial score (nSPS) is 16.2. The fraction of sp³-hybridized carbons (Fsp3) is 0.409. The van der Waals surface area contributed by atoms with Gasteiger partial charge in [-0.15, -0.1) is 8.80 Å². The smallest absolute Gasteiger partial charge is 0.417 e. The van der Waals surface area contributed by atoms with Crippen molar-refractivity contribution in [3.8, 4) is 5.75 Å². The lowest BCUT2D eigenvalue weighted by Gasteiger charge is -2.30. The van der Waals surface area contributed by atoms with Crippen LogP contribution in [0.3, 0.4) is 0 Å². The second kappa shape index (κ2) is 9.15. The van der Waals surface area contributed by atoms with Gasteiger partial charge in [0.25, 0.3) is 5.91 Å². The van der Waals surface area contributed by atoms with Gasteiger partial charge in [-0.2, -0.15) is 21.6 Å². The van der Waals surface area contributed by atoms with E-state index in [0.717, 1.165) is 11.0 Å². The third-order valence-corrected chi connectivity index (χ3v) is 6.01. The highest BCUT2D eigenvalue weighted by atomic mass is 32.2. The Labute approximate surface area is 206 Å². The van der Waals surface area contributed by atoms with Crippen LogP contribution < -0.4 is 10.6 Å². The lowest BCUT2D eigenvalue weighted by molar-refractivity contribution is -0.138. The number of hydrogen-bond acceptors (Lipinski definition) is 7. The van der Waals surface area contributed by atoms with Gasteiger partial charge in [0.1, 0.15) is 11.5 Å². The van der Waals surface area contributed by atoms with Crippen LogP contribution in [-0.2, 0) is 16.4 Å². The zero-order valence-corrected chi connectivity index (χ0v) is 21.2. The van der Waals surface area contributed by atoms with E-state index in [-0.39, 0.29) is 17.4 Å². The molecule has 0 unspecified atom stereocenters. The number of alkyl halides is 3. The predicted molar refractivity (Wildman–Crippen MR) is 127 cm³/mol. The van der Waals surface area contributed by atoms with Gasteiger partial charge >= 0.3 is 16.4 Å². The Bertz CT molecular complexity index is 1360. The van der Waals surface area contributed by atoms with Crippen molar-refractivity contribution in [2.75, 3.05) is 19.4 Å². The van der Waals surface area contributed by atoms with Gasteiger partial charge in [0.15, 0.2) is 17.4 Å². The summed E-state index contributed by atoms with van der Waals surface area (Å²) in [6.07, 6.45) is -4.93. The molecule has 0 saturated heterocycles. The monoisotopic (exact) mass is 529 g/mol. The molecule has 1 atom stereocenters. The van der Waals surface area contributed by atoms with E-state index >= 15 is 0 Å². The number of carbonyl (C=O) groups excluding carboxylic acids is 1. The molecule has 10 nitrogen and oxygen atoms in total. The molecule has 0 saturated carbocycles. The maximum absolute atomic E-state index is 13.5. The highest BCUT2D eigenvalue weighted by Gasteiger charge is 2.39. The van der Waals surface area contributed by atoms with Crippen LogP contribution in [0.25, 0.3) is 0 Å². The summed E-state index contributed by atoms with van der Waals surface area (Å²) in [5, 5.41) is 16.1. The van der Waals surface area contributed by atoms with Crippen LogP contribution in [-0.4, -0.2) is 50.1 Å². The van der Waals surface area contributed by atoms with Crippen molar-refractivity contribution in [1.29, 1.82) is 0 Å². The highest BCUT2D eigenvalue weighted by molar-refractivity contribution is 7.89. The summed E-state index contributed by atoms with van der Waals surface area (Å²) in [5.41, 5.74) is -3.23. The van der Waals surface area contributed by atoms with E-state index < -0.39 is 50.6 Å². The summed E-state index contributed by atoms with van der Waals surface area (Å²) in [6.45, 7) is 7.36. The number of nitrogens with zero attached hydrogens (tertiary/aromatic N) is 3. The Balaban J connectivity index is 2.04. The Morgan fingerprint density at radius 1 is 1.08 bits per heavy atom. The minimum absolute atomic E-state index is 0.247. The van der Waals surface area contributed by atoms with Crippen molar-refractivity contribution in [2.45, 2.75) is 39.9 Å². The Morgan fingerprint density at radius 2 is 1.69 bits per heavy atom. The van der Waals surface area contributed by atoms with Crippen molar-refractivity contribution < 1.29 is 35.9 Å². The van der Waals surface area contributed by atoms with E-state index in [2.05, 4.69) is 19.4 Å². The van der Waals surface area contributed by atoms with Crippen molar-refractivity contribution in [2.24, 2.45) is 14.2 Å². The number of amides is 1. The Hall–Kier alpha value is -3.55. The van der Waals surface area contributed by atoms with Gasteiger partial charge < -0.3 is 25.1 Å². The molecule has 0 spiro atoms. The molecule has 3 rings (SSSR count). The first kappa shape index (κ1) is 27.0. The van der Waals surface area contributed by atoms with Gasteiger partial charge in [0.05, 0.1) is 22.9 Å². The number of rotatable bonds is 4. The number of furan rings is 1. The predicted octanol–water partition coefficient (Wildman–Crippen LogP) is 3.86. The number of halogens is 3. The Kier molecular flexibility index (Phi) is 6.87. The lowest BCUT2D eigenvalue weighted by atomic mass is 9.85. The number of phenolic OH excluding ortho intramolecular Hbond substituents is 1.